The molecule has 1 fully saturated rings. The number of benzene rings is 1. The zero-order valence-corrected chi connectivity index (χ0v) is 9.52. The van der Waals surface area contributed by atoms with Gasteiger partial charge in [-0.2, -0.15) is 0 Å². The predicted octanol–water partition coefficient (Wildman–Crippen LogP) is 1.36. The highest BCUT2D eigenvalue weighted by Gasteiger charge is 2.47. The van der Waals surface area contributed by atoms with Gasteiger partial charge in [-0.05, 0) is 18.2 Å². The van der Waals surface area contributed by atoms with Gasteiger partial charge in [0, 0.05) is 19.3 Å². The summed E-state index contributed by atoms with van der Waals surface area (Å²) in [5.41, 5.74) is -0.196. The van der Waals surface area contributed by atoms with E-state index in [1.54, 1.807) is 24.1 Å². The summed E-state index contributed by atoms with van der Waals surface area (Å²) in [6.07, 6.45) is 0. The fourth-order valence-electron chi connectivity index (χ4n) is 1.89. The summed E-state index contributed by atoms with van der Waals surface area (Å²) < 4.78 is 18.0. The van der Waals surface area contributed by atoms with Crippen molar-refractivity contribution in [3.05, 3.63) is 30.1 Å². The first-order chi connectivity index (χ1) is 8.03. The number of halogens is 1. The summed E-state index contributed by atoms with van der Waals surface area (Å²) in [7, 11) is 1.75. The monoisotopic (exact) mass is 239 g/mol. The Bertz CT molecular complexity index is 432. The van der Waals surface area contributed by atoms with Crippen molar-refractivity contribution >= 4 is 11.7 Å². The van der Waals surface area contributed by atoms with Crippen molar-refractivity contribution in [2.24, 2.45) is 5.41 Å². The first-order valence-corrected chi connectivity index (χ1v) is 5.31. The molecule has 0 atom stereocenters. The molecule has 17 heavy (non-hydrogen) atoms. The number of hydrogen-bond donors (Lipinski definition) is 1. The number of anilines is 1. The zero-order chi connectivity index (χ0) is 12.5. The Morgan fingerprint density at radius 3 is 2.76 bits per heavy atom. The minimum Gasteiger partial charge on any atom is -0.481 e. The average Bonchev–Trinajstić information content (AvgIpc) is 2.22. The molecule has 92 valence electrons. The van der Waals surface area contributed by atoms with Crippen LogP contribution in [0, 0.1) is 11.2 Å². The van der Waals surface area contributed by atoms with Crippen LogP contribution in [0.4, 0.5) is 10.1 Å². The van der Waals surface area contributed by atoms with Crippen LogP contribution in [0.3, 0.4) is 0 Å². The van der Waals surface area contributed by atoms with Crippen LogP contribution >= 0.6 is 0 Å². The average molecular weight is 239 g/mol. The van der Waals surface area contributed by atoms with Crippen LogP contribution in [-0.2, 0) is 9.53 Å². The smallest absolute Gasteiger partial charge is 0.316 e. The molecule has 1 aliphatic rings. The normalized spacial score (nSPS) is 17.3. The molecule has 0 amide bonds. The summed E-state index contributed by atoms with van der Waals surface area (Å²) in [4.78, 5) is 12.9. The van der Waals surface area contributed by atoms with Crippen molar-refractivity contribution in [2.45, 2.75) is 0 Å². The number of carbonyl (C=O) groups is 1. The summed E-state index contributed by atoms with van der Waals surface area (Å²) in [6, 6.07) is 6.09. The van der Waals surface area contributed by atoms with Gasteiger partial charge in [0.15, 0.2) is 0 Å². The molecule has 1 aliphatic heterocycles. The summed E-state index contributed by atoms with van der Waals surface area (Å²) in [5.74, 6) is -1.20. The number of carboxylic acids is 1. The van der Waals surface area contributed by atoms with E-state index in [0.29, 0.717) is 12.2 Å². The van der Waals surface area contributed by atoms with E-state index in [1.165, 1.54) is 12.1 Å². The van der Waals surface area contributed by atoms with Gasteiger partial charge in [-0.1, -0.05) is 6.07 Å². The fraction of sp³-hybridized carbons (Fsp3) is 0.417. The molecule has 0 radical (unpaired) electrons. The first-order valence-electron chi connectivity index (χ1n) is 5.31. The van der Waals surface area contributed by atoms with Crippen LogP contribution in [0.1, 0.15) is 0 Å². The van der Waals surface area contributed by atoms with Crippen molar-refractivity contribution in [3.63, 3.8) is 0 Å². The maximum atomic E-state index is 13.0. The summed E-state index contributed by atoms with van der Waals surface area (Å²) in [5, 5.41) is 9.15. The zero-order valence-electron chi connectivity index (χ0n) is 9.52. The van der Waals surface area contributed by atoms with E-state index in [0.717, 1.165) is 0 Å². The van der Waals surface area contributed by atoms with Gasteiger partial charge in [0.1, 0.15) is 11.2 Å². The fourth-order valence-corrected chi connectivity index (χ4v) is 1.89. The summed E-state index contributed by atoms with van der Waals surface area (Å²) in [6.45, 7) is 0.732. The quantitative estimate of drug-likeness (QED) is 0.862. The lowest BCUT2D eigenvalue weighted by molar-refractivity contribution is -0.177. The van der Waals surface area contributed by atoms with Crippen molar-refractivity contribution < 1.29 is 19.0 Å². The van der Waals surface area contributed by atoms with Crippen LogP contribution in [0.5, 0.6) is 0 Å². The number of ether oxygens (including phenoxy) is 1. The molecular weight excluding hydrogens is 225 g/mol. The SMILES string of the molecule is CN(CC1(C(=O)O)COC1)c1cccc(F)c1. The van der Waals surface area contributed by atoms with Gasteiger partial charge in [0.2, 0.25) is 0 Å². The maximum absolute atomic E-state index is 13.0. The Balaban J connectivity index is 2.11. The van der Waals surface area contributed by atoms with E-state index >= 15 is 0 Å². The molecule has 0 aromatic heterocycles. The Morgan fingerprint density at radius 2 is 2.29 bits per heavy atom. The van der Waals surface area contributed by atoms with Crippen LogP contribution in [0.15, 0.2) is 24.3 Å². The van der Waals surface area contributed by atoms with Crippen molar-refractivity contribution in [1.82, 2.24) is 0 Å². The second kappa shape index (κ2) is 4.33. The van der Waals surface area contributed by atoms with E-state index in [4.69, 9.17) is 9.84 Å². The van der Waals surface area contributed by atoms with Gasteiger partial charge >= 0.3 is 5.97 Å². The Hall–Kier alpha value is -1.62. The van der Waals surface area contributed by atoms with Gasteiger partial charge in [-0.15, -0.1) is 0 Å². The predicted molar refractivity (Wildman–Crippen MR) is 60.6 cm³/mol. The van der Waals surface area contributed by atoms with Crippen LogP contribution < -0.4 is 4.90 Å². The molecule has 1 aromatic carbocycles. The highest BCUT2D eigenvalue weighted by Crippen LogP contribution is 2.30. The minimum absolute atomic E-state index is 0.210. The largest absolute Gasteiger partial charge is 0.481 e. The number of aliphatic carboxylic acids is 1. The lowest BCUT2D eigenvalue weighted by atomic mass is 9.85. The third-order valence-electron chi connectivity index (χ3n) is 3.00. The van der Waals surface area contributed by atoms with E-state index in [-0.39, 0.29) is 19.0 Å². The molecule has 1 N–H and O–H groups in total. The molecule has 4 nitrogen and oxygen atoms in total. The van der Waals surface area contributed by atoms with E-state index in [1.807, 2.05) is 0 Å². The van der Waals surface area contributed by atoms with E-state index in [2.05, 4.69) is 0 Å². The van der Waals surface area contributed by atoms with E-state index < -0.39 is 11.4 Å². The molecule has 1 saturated heterocycles. The van der Waals surface area contributed by atoms with Crippen LogP contribution in [0.25, 0.3) is 0 Å². The molecule has 0 spiro atoms. The second-order valence-corrected chi connectivity index (χ2v) is 4.41. The van der Waals surface area contributed by atoms with Gasteiger partial charge < -0.3 is 14.7 Å². The van der Waals surface area contributed by atoms with Gasteiger partial charge in [0.25, 0.3) is 0 Å². The van der Waals surface area contributed by atoms with Crippen LogP contribution in [0.2, 0.25) is 0 Å². The molecule has 1 aromatic rings. The minimum atomic E-state index is -0.869. The molecule has 0 aliphatic carbocycles. The Labute approximate surface area is 98.6 Å². The molecule has 5 heteroatoms. The number of rotatable bonds is 4. The van der Waals surface area contributed by atoms with E-state index in [9.17, 15) is 9.18 Å². The molecular formula is C12H14FNO3. The lowest BCUT2D eigenvalue weighted by Crippen LogP contribution is -2.55. The summed E-state index contributed by atoms with van der Waals surface area (Å²) >= 11 is 0. The Kier molecular flexibility index (Phi) is 3.02. The van der Waals surface area contributed by atoms with Gasteiger partial charge in [-0.25, -0.2) is 4.39 Å². The molecule has 2 rings (SSSR count). The Morgan fingerprint density at radius 1 is 1.59 bits per heavy atom. The molecule has 0 bridgehead atoms. The van der Waals surface area contributed by atoms with Crippen molar-refractivity contribution in [2.75, 3.05) is 31.7 Å². The van der Waals surface area contributed by atoms with Crippen molar-refractivity contribution in [3.8, 4) is 0 Å². The molecule has 1 heterocycles. The maximum Gasteiger partial charge on any atom is 0.316 e. The third kappa shape index (κ3) is 2.24. The molecule has 0 unspecified atom stereocenters. The number of carboxylic acid groups (broad SMARTS) is 1. The number of nitrogens with zero attached hydrogens (tertiary/aromatic N) is 1. The highest BCUT2D eigenvalue weighted by atomic mass is 19.1. The van der Waals surface area contributed by atoms with Gasteiger partial charge in [0.05, 0.1) is 13.2 Å². The topological polar surface area (TPSA) is 49.8 Å². The standard InChI is InChI=1S/C12H14FNO3/c1-14(10-4-2-3-9(13)5-10)6-12(11(15)16)7-17-8-12/h2-5H,6-8H2,1H3,(H,15,16). The van der Waals surface area contributed by atoms with Crippen molar-refractivity contribution in [1.29, 1.82) is 0 Å². The third-order valence-corrected chi connectivity index (χ3v) is 3.00. The molecule has 0 saturated carbocycles. The van der Waals surface area contributed by atoms with Gasteiger partial charge in [-0.3, -0.25) is 4.79 Å². The highest BCUT2D eigenvalue weighted by molar-refractivity contribution is 5.77. The number of hydrogen-bond acceptors (Lipinski definition) is 3. The lowest BCUT2D eigenvalue weighted by Gasteiger charge is -2.40. The van der Waals surface area contributed by atoms with Crippen LogP contribution in [-0.4, -0.2) is 37.9 Å². The second-order valence-electron chi connectivity index (χ2n) is 4.41. The first kappa shape index (κ1) is 11.9.